The van der Waals surface area contributed by atoms with Gasteiger partial charge in [-0.2, -0.15) is 5.10 Å². The summed E-state index contributed by atoms with van der Waals surface area (Å²) in [6, 6.07) is 10.0. The predicted octanol–water partition coefficient (Wildman–Crippen LogP) is 4.67. The maximum absolute atomic E-state index is 14.8. The van der Waals surface area contributed by atoms with Crippen molar-refractivity contribution in [2.45, 2.75) is 45.1 Å². The summed E-state index contributed by atoms with van der Waals surface area (Å²) >= 11 is 0. The van der Waals surface area contributed by atoms with Crippen molar-refractivity contribution in [1.82, 2.24) is 20.4 Å². The summed E-state index contributed by atoms with van der Waals surface area (Å²) in [4.78, 5) is 27.5. The van der Waals surface area contributed by atoms with E-state index in [4.69, 9.17) is 18.9 Å². The van der Waals surface area contributed by atoms with E-state index in [0.717, 1.165) is 11.1 Å². The molecule has 0 spiro atoms. The van der Waals surface area contributed by atoms with Crippen LogP contribution >= 0.6 is 0 Å². The number of nitrogens with one attached hydrogen (secondary N) is 2. The standard InChI is InChI=1S/C30H35FN4O6/c1-30(2,3)41-29(37)35-11-9-23(21(16-35)17-38-22-5-7-26-27(13-22)40-18-39-26)20-4-6-25(31)24(12-20)28(36)32-10-8-19-14-33-34-15-19/h4-7,12-15,21,23H,8-11,16-18H2,1-3H3,(H,32,36)(H,33,34)/t21-,23-/m0/s1. The van der Waals surface area contributed by atoms with Crippen LogP contribution in [0.25, 0.3) is 0 Å². The molecule has 0 saturated carbocycles. The van der Waals surface area contributed by atoms with Gasteiger partial charge in [0.25, 0.3) is 5.91 Å². The van der Waals surface area contributed by atoms with Gasteiger partial charge in [-0.25, -0.2) is 9.18 Å². The van der Waals surface area contributed by atoms with Crippen LogP contribution in [0.1, 0.15) is 54.6 Å². The second kappa shape index (κ2) is 12.1. The van der Waals surface area contributed by atoms with E-state index in [0.29, 0.717) is 49.7 Å². The van der Waals surface area contributed by atoms with Gasteiger partial charge in [0.05, 0.1) is 18.4 Å². The van der Waals surface area contributed by atoms with Crippen LogP contribution in [0.2, 0.25) is 0 Å². The number of hydrogen-bond donors (Lipinski definition) is 2. The van der Waals surface area contributed by atoms with Crippen LogP contribution in [0.15, 0.2) is 48.8 Å². The molecule has 2 N–H and O–H groups in total. The van der Waals surface area contributed by atoms with Gasteiger partial charge < -0.3 is 29.2 Å². The van der Waals surface area contributed by atoms with Crippen molar-refractivity contribution < 1.29 is 32.9 Å². The fraction of sp³-hybridized carbons (Fsp3) is 0.433. The molecule has 2 atom stereocenters. The second-order valence-electron chi connectivity index (χ2n) is 11.3. The first-order chi connectivity index (χ1) is 19.7. The number of fused-ring (bicyclic) bond motifs is 1. The summed E-state index contributed by atoms with van der Waals surface area (Å²) in [5.74, 6) is 0.580. The summed E-state index contributed by atoms with van der Waals surface area (Å²) in [6.07, 6.45) is 4.22. The highest BCUT2D eigenvalue weighted by molar-refractivity contribution is 5.94. The van der Waals surface area contributed by atoms with Crippen molar-refractivity contribution in [3.63, 3.8) is 0 Å². The minimum atomic E-state index is -0.622. The van der Waals surface area contributed by atoms with Crippen LogP contribution in [0.4, 0.5) is 9.18 Å². The van der Waals surface area contributed by atoms with Gasteiger partial charge in [0.2, 0.25) is 6.79 Å². The van der Waals surface area contributed by atoms with Crippen LogP contribution < -0.4 is 19.5 Å². The Morgan fingerprint density at radius 3 is 2.78 bits per heavy atom. The molecule has 0 radical (unpaired) electrons. The van der Waals surface area contributed by atoms with Gasteiger partial charge in [-0.15, -0.1) is 0 Å². The maximum atomic E-state index is 14.8. The molecule has 1 fully saturated rings. The number of aromatic nitrogens is 2. The molecule has 218 valence electrons. The fourth-order valence-electron chi connectivity index (χ4n) is 5.08. The highest BCUT2D eigenvalue weighted by atomic mass is 19.1. The molecular weight excluding hydrogens is 531 g/mol. The van der Waals surface area contributed by atoms with Gasteiger partial charge in [0, 0.05) is 37.8 Å². The number of piperidine rings is 1. The third-order valence-corrected chi connectivity index (χ3v) is 7.11. The van der Waals surface area contributed by atoms with Crippen LogP contribution in [0.3, 0.4) is 0 Å². The summed E-state index contributed by atoms with van der Waals surface area (Å²) in [5.41, 5.74) is 1.12. The number of nitrogens with zero attached hydrogens (tertiary/aromatic N) is 2. The van der Waals surface area contributed by atoms with Gasteiger partial charge >= 0.3 is 6.09 Å². The molecule has 1 saturated heterocycles. The maximum Gasteiger partial charge on any atom is 0.410 e. The Kier molecular flexibility index (Phi) is 8.32. The minimum absolute atomic E-state index is 0.0142. The molecule has 1 aromatic heterocycles. The molecule has 2 amide bonds. The molecule has 3 aromatic rings. The lowest BCUT2D eigenvalue weighted by Crippen LogP contribution is -2.46. The van der Waals surface area contributed by atoms with Crippen LogP contribution in [-0.4, -0.2) is 65.7 Å². The summed E-state index contributed by atoms with van der Waals surface area (Å²) in [7, 11) is 0. The molecule has 2 aromatic carbocycles. The monoisotopic (exact) mass is 566 g/mol. The number of aromatic amines is 1. The molecule has 3 heterocycles. The van der Waals surface area contributed by atoms with E-state index in [1.807, 2.05) is 20.8 Å². The van der Waals surface area contributed by atoms with Crippen LogP contribution in [-0.2, 0) is 11.2 Å². The first kappa shape index (κ1) is 28.3. The first-order valence-electron chi connectivity index (χ1n) is 13.7. The lowest BCUT2D eigenvalue weighted by molar-refractivity contribution is 0.0111. The Hall–Kier alpha value is -4.28. The Bertz CT molecular complexity index is 1370. The third kappa shape index (κ3) is 7.08. The normalized spacial score (nSPS) is 18.2. The summed E-state index contributed by atoms with van der Waals surface area (Å²) in [6.45, 7) is 7.14. The Balaban J connectivity index is 1.32. The smallest absolute Gasteiger partial charge is 0.410 e. The molecule has 10 nitrogen and oxygen atoms in total. The van der Waals surface area contributed by atoms with E-state index in [2.05, 4.69) is 15.5 Å². The number of rotatable bonds is 8. The van der Waals surface area contributed by atoms with Gasteiger partial charge in [0.1, 0.15) is 17.2 Å². The van der Waals surface area contributed by atoms with E-state index >= 15 is 0 Å². The van der Waals surface area contributed by atoms with E-state index in [-0.39, 0.29) is 36.9 Å². The summed E-state index contributed by atoms with van der Waals surface area (Å²) < 4.78 is 37.4. The van der Waals surface area contributed by atoms with Crippen LogP contribution in [0, 0.1) is 11.7 Å². The largest absolute Gasteiger partial charge is 0.493 e. The van der Waals surface area contributed by atoms with E-state index in [9.17, 15) is 14.0 Å². The van der Waals surface area contributed by atoms with Gasteiger partial charge in [-0.1, -0.05) is 6.07 Å². The molecular formula is C30H35FN4O6. The highest BCUT2D eigenvalue weighted by Crippen LogP contribution is 2.38. The summed E-state index contributed by atoms with van der Waals surface area (Å²) in [5, 5.41) is 9.42. The zero-order valence-corrected chi connectivity index (χ0v) is 23.4. The predicted molar refractivity (Wildman–Crippen MR) is 148 cm³/mol. The number of likely N-dealkylation sites (tertiary alicyclic amines) is 1. The van der Waals surface area contributed by atoms with Crippen molar-refractivity contribution >= 4 is 12.0 Å². The number of amides is 2. The number of H-pyrrole nitrogens is 1. The van der Waals surface area contributed by atoms with Crippen LogP contribution in [0.5, 0.6) is 17.2 Å². The lowest BCUT2D eigenvalue weighted by Gasteiger charge is -2.39. The number of carbonyl (C=O) groups is 2. The Labute approximate surface area is 238 Å². The molecule has 0 unspecified atom stereocenters. The number of carbonyl (C=O) groups excluding carboxylic acids is 2. The first-order valence-corrected chi connectivity index (χ1v) is 13.7. The second-order valence-corrected chi connectivity index (χ2v) is 11.3. The minimum Gasteiger partial charge on any atom is -0.493 e. The van der Waals surface area contributed by atoms with Gasteiger partial charge in [-0.3, -0.25) is 9.89 Å². The molecule has 5 rings (SSSR count). The number of hydrogen-bond acceptors (Lipinski definition) is 7. The van der Waals surface area contributed by atoms with Crippen molar-refractivity contribution in [2.24, 2.45) is 5.92 Å². The average Bonchev–Trinajstić information content (AvgIpc) is 3.63. The number of halogens is 1. The van der Waals surface area contributed by atoms with E-state index in [1.54, 1.807) is 47.6 Å². The lowest BCUT2D eigenvalue weighted by atomic mass is 9.80. The average molecular weight is 567 g/mol. The number of benzene rings is 2. The number of ether oxygens (including phenoxy) is 4. The molecule has 0 bridgehead atoms. The molecule has 11 heteroatoms. The zero-order valence-electron chi connectivity index (χ0n) is 23.4. The van der Waals surface area contributed by atoms with Gasteiger partial charge in [-0.05, 0) is 74.9 Å². The molecule has 0 aliphatic carbocycles. The van der Waals surface area contributed by atoms with E-state index < -0.39 is 17.3 Å². The zero-order chi connectivity index (χ0) is 29.0. The van der Waals surface area contributed by atoms with Crippen molar-refractivity contribution in [3.05, 3.63) is 71.3 Å². The van der Waals surface area contributed by atoms with Crippen molar-refractivity contribution in [2.75, 3.05) is 33.0 Å². The topological polar surface area (TPSA) is 115 Å². The van der Waals surface area contributed by atoms with Crippen molar-refractivity contribution in [1.29, 1.82) is 0 Å². The third-order valence-electron chi connectivity index (χ3n) is 7.11. The molecule has 2 aliphatic heterocycles. The fourth-order valence-corrected chi connectivity index (χ4v) is 5.08. The quantitative estimate of drug-likeness (QED) is 0.407. The van der Waals surface area contributed by atoms with Crippen molar-refractivity contribution in [3.8, 4) is 17.2 Å². The van der Waals surface area contributed by atoms with Gasteiger partial charge in [0.15, 0.2) is 11.5 Å². The highest BCUT2D eigenvalue weighted by Gasteiger charge is 2.35. The molecule has 41 heavy (non-hydrogen) atoms. The molecule has 2 aliphatic rings. The SMILES string of the molecule is CC(C)(C)OC(=O)N1CC[C@@H](c2ccc(F)c(C(=O)NCCc3cn[nH]c3)c2)[C@H](COc2ccc3c(c2)OCO3)C1. The Morgan fingerprint density at radius 1 is 1.17 bits per heavy atom. The van der Waals surface area contributed by atoms with E-state index in [1.165, 1.54) is 6.07 Å². The Morgan fingerprint density at radius 2 is 2.00 bits per heavy atom.